The quantitative estimate of drug-likeness (QED) is 0.0314. The molecule has 0 unspecified atom stereocenters. The Kier molecular flexibility index (Phi) is 24.4. The number of nitrogens with one attached hydrogen (secondary N) is 4. The van der Waals surface area contributed by atoms with Crippen molar-refractivity contribution in [3.63, 3.8) is 0 Å². The minimum atomic E-state index is -0.583. The van der Waals surface area contributed by atoms with Crippen LogP contribution in [0.1, 0.15) is 95.4 Å². The Morgan fingerprint density at radius 1 is 0.397 bits per heavy atom. The Balaban J connectivity index is 0.00000683. The third-order valence-electron chi connectivity index (χ3n) is 8.97. The van der Waals surface area contributed by atoms with E-state index in [1.807, 2.05) is 72.8 Å². The normalized spacial score (nSPS) is 10.1. The summed E-state index contributed by atoms with van der Waals surface area (Å²) < 4.78 is 25.5. The van der Waals surface area contributed by atoms with Crippen molar-refractivity contribution < 1.29 is 52.5 Å². The fourth-order valence-corrected chi connectivity index (χ4v) is 5.76. The molecule has 0 saturated carbocycles. The first-order valence-electron chi connectivity index (χ1n) is 20.2. The van der Waals surface area contributed by atoms with E-state index < -0.39 is 18.3 Å². The minimum absolute atomic E-state index is 0. The van der Waals surface area contributed by atoms with E-state index in [9.17, 15) is 28.8 Å². The average molecular weight is 871 g/mol. The Morgan fingerprint density at radius 3 is 0.984 bits per heavy atom. The lowest BCUT2D eigenvalue weighted by atomic mass is 10.0. The smallest absolute Gasteiger partial charge is 0.411 e. The zero-order valence-electron chi connectivity index (χ0n) is 34.6. The van der Waals surface area contributed by atoms with E-state index in [1.165, 1.54) is 14.0 Å². The lowest BCUT2D eigenvalue weighted by Gasteiger charge is -2.10. The van der Waals surface area contributed by atoms with Gasteiger partial charge in [0.2, 0.25) is 5.91 Å². The van der Waals surface area contributed by atoms with Crippen molar-refractivity contribution in [2.75, 3.05) is 54.8 Å². The topological polar surface area (TPSA) is 197 Å². The first-order valence-corrected chi connectivity index (χ1v) is 20.2. The molecule has 0 radical (unpaired) electrons. The molecule has 4 aromatic carbocycles. The molecule has 4 N–H and O–H groups in total. The Labute approximate surface area is 370 Å². The van der Waals surface area contributed by atoms with E-state index in [1.54, 1.807) is 24.3 Å². The Morgan fingerprint density at radius 2 is 0.683 bits per heavy atom. The van der Waals surface area contributed by atoms with Crippen LogP contribution in [0.3, 0.4) is 0 Å². The number of benzene rings is 4. The zero-order chi connectivity index (χ0) is 43.7. The van der Waals surface area contributed by atoms with Crippen LogP contribution in [-0.2, 0) is 50.9 Å². The highest BCUT2D eigenvalue weighted by atomic mass is 16.6. The van der Waals surface area contributed by atoms with Crippen LogP contribution < -0.4 is 21.3 Å². The molecule has 340 valence electrons. The lowest BCUT2D eigenvalue weighted by molar-refractivity contribution is -0.145. The number of amides is 4. The van der Waals surface area contributed by atoms with Crippen LogP contribution in [0.2, 0.25) is 0 Å². The molecular weight excluding hydrogens is 809 g/mol. The minimum Gasteiger partial charge on any atom is -0.469 e. The molecule has 0 bridgehead atoms. The van der Waals surface area contributed by atoms with Crippen molar-refractivity contribution in [3.8, 4) is 0 Å². The summed E-state index contributed by atoms with van der Waals surface area (Å²) in [7, 11) is 1.33. The maximum atomic E-state index is 12.3. The van der Waals surface area contributed by atoms with Gasteiger partial charge in [-0.05, 0) is 122 Å². The third kappa shape index (κ3) is 22.0. The first-order chi connectivity index (χ1) is 29.5. The largest absolute Gasteiger partial charge is 0.469 e. The van der Waals surface area contributed by atoms with Gasteiger partial charge in [-0.25, -0.2) is 14.4 Å². The number of rotatable bonds is 23. The summed E-state index contributed by atoms with van der Waals surface area (Å²) >= 11 is 0. The third-order valence-corrected chi connectivity index (χ3v) is 8.97. The number of unbranched alkanes of at least 4 members (excludes halogenated alkanes) is 3. The fraction of sp³-hybridized carbons (Fsp3) is 0.375. The highest BCUT2D eigenvalue weighted by Crippen LogP contribution is 2.18. The molecule has 4 aromatic rings. The number of anilines is 4. The summed E-state index contributed by atoms with van der Waals surface area (Å²) in [6.45, 7) is 2.22. The summed E-state index contributed by atoms with van der Waals surface area (Å²) in [4.78, 5) is 70.7. The summed E-state index contributed by atoms with van der Waals surface area (Å²) in [6.07, 6.45) is 3.38. The molecule has 4 amide bonds. The maximum absolute atomic E-state index is 12.3. The van der Waals surface area contributed by atoms with E-state index in [0.29, 0.717) is 68.4 Å². The van der Waals surface area contributed by atoms with E-state index in [-0.39, 0.29) is 72.0 Å². The summed E-state index contributed by atoms with van der Waals surface area (Å²) in [5.41, 5.74) is 6.73. The van der Waals surface area contributed by atoms with E-state index in [4.69, 9.17) is 18.9 Å². The molecular formula is C48H62N4O11. The number of methoxy groups -OCH3 is 1. The van der Waals surface area contributed by atoms with Crippen LogP contribution in [0.4, 0.5) is 37.1 Å². The van der Waals surface area contributed by atoms with Gasteiger partial charge in [0, 0.05) is 42.5 Å². The van der Waals surface area contributed by atoms with Gasteiger partial charge in [-0.2, -0.15) is 0 Å². The molecule has 0 aliphatic rings. The summed E-state index contributed by atoms with van der Waals surface area (Å²) in [6, 6.07) is 29.9. The van der Waals surface area contributed by atoms with Crippen molar-refractivity contribution in [1.82, 2.24) is 0 Å². The van der Waals surface area contributed by atoms with Crippen molar-refractivity contribution in [2.24, 2.45) is 0 Å². The number of ether oxygens (including phenoxy) is 5. The molecule has 0 aliphatic carbocycles. The molecule has 0 aliphatic heterocycles. The number of esters is 2. The van der Waals surface area contributed by atoms with Crippen molar-refractivity contribution in [1.29, 1.82) is 0 Å². The Bertz CT molecular complexity index is 2000. The second kappa shape index (κ2) is 29.4. The van der Waals surface area contributed by atoms with Crippen LogP contribution in [0.25, 0.3) is 0 Å². The predicted molar refractivity (Wildman–Crippen MR) is 244 cm³/mol. The van der Waals surface area contributed by atoms with E-state index >= 15 is 0 Å². The molecule has 0 aromatic heterocycles. The van der Waals surface area contributed by atoms with E-state index in [2.05, 4.69) is 26.0 Å². The van der Waals surface area contributed by atoms with Gasteiger partial charge in [0.1, 0.15) is 0 Å². The average Bonchev–Trinajstić information content (AvgIpc) is 3.24. The van der Waals surface area contributed by atoms with Crippen LogP contribution in [-0.4, -0.2) is 69.7 Å². The first kappa shape index (κ1) is 52.2. The van der Waals surface area contributed by atoms with Crippen LogP contribution >= 0.6 is 0 Å². The summed E-state index contributed by atoms with van der Waals surface area (Å²) in [5.74, 6) is -0.735. The molecule has 0 heterocycles. The highest BCUT2D eigenvalue weighted by Gasteiger charge is 2.09. The molecule has 0 spiro atoms. The number of carbonyl (C=O) groups is 6. The molecule has 15 nitrogen and oxygen atoms in total. The molecule has 0 fully saturated rings. The van der Waals surface area contributed by atoms with Gasteiger partial charge in [-0.3, -0.25) is 30.3 Å². The van der Waals surface area contributed by atoms with Gasteiger partial charge >= 0.3 is 30.2 Å². The second-order valence-electron chi connectivity index (χ2n) is 14.0. The number of carbonyl (C=O) groups excluding carboxylic acids is 6. The molecule has 63 heavy (non-hydrogen) atoms. The van der Waals surface area contributed by atoms with Crippen LogP contribution in [0.5, 0.6) is 0 Å². The summed E-state index contributed by atoms with van der Waals surface area (Å²) in [5, 5.41) is 10.9. The van der Waals surface area contributed by atoms with Gasteiger partial charge < -0.3 is 29.0 Å². The van der Waals surface area contributed by atoms with Crippen LogP contribution in [0, 0.1) is 0 Å². The standard InChI is InChI=1S/C46H54N4O11.2CH4/c1-33(51)47-38-19-11-34(12-20-38)31-35-13-21-40(22-14-35)49-45(55)60-29-7-8-30-61-46(56)50-41-25-17-37(18-26-41)32-36-15-23-39(24-16-36)48-44(54)59-28-6-5-27-58-43(53)10-4-3-9-42(52)57-2;;/h11-26H,3-10,27-32H2,1-2H3,(H,47,51)(H,48,54)(H,49,55)(H,50,56);2*1H4. The SMILES string of the molecule is C.C.COC(=O)CCCCC(=O)OCCCCOC(=O)Nc1ccc(Cc2ccc(NC(=O)OCCCCOC(=O)Nc3ccc(Cc4ccc(NC(C)=O)cc4)cc3)cc2)cc1. The van der Waals surface area contributed by atoms with E-state index in [0.717, 1.165) is 27.9 Å². The molecule has 0 atom stereocenters. The van der Waals surface area contributed by atoms with Gasteiger partial charge in [0.25, 0.3) is 0 Å². The Hall–Kier alpha value is -6.90. The molecule has 15 heteroatoms. The maximum Gasteiger partial charge on any atom is 0.411 e. The zero-order valence-corrected chi connectivity index (χ0v) is 34.6. The van der Waals surface area contributed by atoms with Crippen molar-refractivity contribution in [3.05, 3.63) is 119 Å². The number of hydrogen-bond acceptors (Lipinski definition) is 11. The molecule has 4 rings (SSSR count). The fourth-order valence-electron chi connectivity index (χ4n) is 5.76. The predicted octanol–water partition coefficient (Wildman–Crippen LogP) is 10.3. The monoisotopic (exact) mass is 870 g/mol. The highest BCUT2D eigenvalue weighted by molar-refractivity contribution is 5.88. The van der Waals surface area contributed by atoms with Gasteiger partial charge in [-0.15, -0.1) is 0 Å². The van der Waals surface area contributed by atoms with Gasteiger partial charge in [-0.1, -0.05) is 63.4 Å². The van der Waals surface area contributed by atoms with Gasteiger partial charge in [0.05, 0.1) is 33.5 Å². The van der Waals surface area contributed by atoms with Gasteiger partial charge in [0.15, 0.2) is 0 Å². The van der Waals surface area contributed by atoms with Crippen molar-refractivity contribution in [2.45, 2.75) is 86.0 Å². The molecule has 0 saturated heterocycles. The van der Waals surface area contributed by atoms with Crippen LogP contribution in [0.15, 0.2) is 97.1 Å². The lowest BCUT2D eigenvalue weighted by Crippen LogP contribution is -2.16. The second-order valence-corrected chi connectivity index (χ2v) is 14.0. The van der Waals surface area contributed by atoms with Crippen molar-refractivity contribution >= 4 is 58.9 Å². The number of hydrogen-bond donors (Lipinski definition) is 4.